The van der Waals surface area contributed by atoms with E-state index in [9.17, 15) is 4.79 Å². The zero-order valence-electron chi connectivity index (χ0n) is 14.2. The Kier molecular flexibility index (Phi) is 5.77. The molecule has 0 saturated carbocycles. The fourth-order valence-corrected chi connectivity index (χ4v) is 2.51. The summed E-state index contributed by atoms with van der Waals surface area (Å²) >= 11 is 5.84. The number of para-hydroxylation sites is 2. The Bertz CT molecular complexity index is 877. The smallest absolute Gasteiger partial charge is 0.255 e. The van der Waals surface area contributed by atoms with Crippen LogP contribution in [-0.4, -0.2) is 13.0 Å². The van der Waals surface area contributed by atoms with E-state index >= 15 is 0 Å². The molecule has 1 amide bonds. The molecule has 0 aliphatic carbocycles. The third kappa shape index (κ3) is 4.55. The molecule has 0 aromatic heterocycles. The first kappa shape index (κ1) is 17.8. The van der Waals surface area contributed by atoms with Gasteiger partial charge in [0.15, 0.2) is 11.5 Å². The predicted molar refractivity (Wildman–Crippen MR) is 103 cm³/mol. The normalized spacial score (nSPS) is 10.2. The van der Waals surface area contributed by atoms with Crippen LogP contribution >= 0.6 is 11.6 Å². The zero-order chi connectivity index (χ0) is 18.4. The summed E-state index contributed by atoms with van der Waals surface area (Å²) in [5.74, 6) is 1.19. The summed E-state index contributed by atoms with van der Waals surface area (Å²) in [7, 11) is 1.61. The van der Waals surface area contributed by atoms with Gasteiger partial charge in [0.05, 0.1) is 7.11 Å². The lowest BCUT2D eigenvalue weighted by Crippen LogP contribution is -2.11. The Labute approximate surface area is 157 Å². The number of hydrogen-bond acceptors (Lipinski definition) is 3. The third-order valence-electron chi connectivity index (χ3n) is 3.78. The van der Waals surface area contributed by atoms with E-state index in [1.54, 1.807) is 43.5 Å². The summed E-state index contributed by atoms with van der Waals surface area (Å²) in [4.78, 5) is 12.3. The van der Waals surface area contributed by atoms with Crippen LogP contribution in [0.15, 0.2) is 72.8 Å². The average molecular weight is 368 g/mol. The molecule has 0 atom stereocenters. The van der Waals surface area contributed by atoms with Gasteiger partial charge < -0.3 is 14.8 Å². The van der Waals surface area contributed by atoms with Crippen LogP contribution < -0.4 is 14.8 Å². The summed E-state index contributed by atoms with van der Waals surface area (Å²) in [5.41, 5.74) is 2.22. The van der Waals surface area contributed by atoms with Crippen molar-refractivity contribution < 1.29 is 14.3 Å². The molecule has 0 bridgehead atoms. The van der Waals surface area contributed by atoms with Gasteiger partial charge in [0.25, 0.3) is 5.91 Å². The van der Waals surface area contributed by atoms with E-state index in [0.717, 1.165) is 5.56 Å². The van der Waals surface area contributed by atoms with Crippen LogP contribution in [0.1, 0.15) is 15.9 Å². The molecular formula is C21H18ClNO3. The van der Waals surface area contributed by atoms with Crippen molar-refractivity contribution in [1.82, 2.24) is 0 Å². The lowest BCUT2D eigenvalue weighted by molar-refractivity contribution is 0.102. The highest BCUT2D eigenvalue weighted by Crippen LogP contribution is 2.26. The Hall–Kier alpha value is -2.98. The van der Waals surface area contributed by atoms with Gasteiger partial charge in [-0.3, -0.25) is 4.79 Å². The van der Waals surface area contributed by atoms with Crippen molar-refractivity contribution in [3.05, 3.63) is 88.9 Å². The van der Waals surface area contributed by atoms with Crippen LogP contribution in [0, 0.1) is 0 Å². The number of amides is 1. The summed E-state index contributed by atoms with van der Waals surface area (Å²) in [6, 6.07) is 21.7. The molecular weight excluding hydrogens is 350 g/mol. The van der Waals surface area contributed by atoms with E-state index in [4.69, 9.17) is 21.1 Å². The maximum atomic E-state index is 12.3. The summed E-state index contributed by atoms with van der Waals surface area (Å²) < 4.78 is 11.0. The van der Waals surface area contributed by atoms with E-state index in [2.05, 4.69) is 5.32 Å². The molecule has 0 saturated heterocycles. The van der Waals surface area contributed by atoms with Gasteiger partial charge in [-0.15, -0.1) is 0 Å². The highest BCUT2D eigenvalue weighted by molar-refractivity contribution is 6.30. The van der Waals surface area contributed by atoms with Gasteiger partial charge in [-0.1, -0.05) is 35.9 Å². The van der Waals surface area contributed by atoms with Gasteiger partial charge in [0, 0.05) is 16.3 Å². The van der Waals surface area contributed by atoms with Crippen LogP contribution in [0.3, 0.4) is 0 Å². The second-order valence-corrected chi connectivity index (χ2v) is 6.03. The number of benzene rings is 3. The van der Waals surface area contributed by atoms with Gasteiger partial charge in [-0.25, -0.2) is 0 Å². The predicted octanol–water partition coefficient (Wildman–Crippen LogP) is 5.18. The van der Waals surface area contributed by atoms with Crippen LogP contribution in [-0.2, 0) is 6.61 Å². The minimum Gasteiger partial charge on any atom is -0.493 e. The molecule has 5 heteroatoms. The van der Waals surface area contributed by atoms with Crippen molar-refractivity contribution in [2.45, 2.75) is 6.61 Å². The highest BCUT2D eigenvalue weighted by Gasteiger charge is 2.07. The number of nitrogens with one attached hydrogen (secondary N) is 1. The summed E-state index contributed by atoms with van der Waals surface area (Å²) in [6.07, 6.45) is 0. The Morgan fingerprint density at radius 3 is 2.23 bits per heavy atom. The topological polar surface area (TPSA) is 47.6 Å². The number of ether oxygens (including phenoxy) is 2. The Morgan fingerprint density at radius 1 is 0.923 bits per heavy atom. The van der Waals surface area contributed by atoms with E-state index in [-0.39, 0.29) is 5.91 Å². The first-order valence-corrected chi connectivity index (χ1v) is 8.45. The lowest BCUT2D eigenvalue weighted by atomic mass is 10.1. The fraction of sp³-hybridized carbons (Fsp3) is 0.0952. The van der Waals surface area contributed by atoms with Gasteiger partial charge in [-0.05, 0) is 54.1 Å². The number of methoxy groups -OCH3 is 1. The first-order valence-electron chi connectivity index (χ1n) is 8.07. The molecule has 0 aliphatic rings. The second kappa shape index (κ2) is 8.41. The van der Waals surface area contributed by atoms with Gasteiger partial charge in [0.2, 0.25) is 0 Å². The highest BCUT2D eigenvalue weighted by atomic mass is 35.5. The number of rotatable bonds is 6. The standard InChI is InChI=1S/C21H18ClNO3/c1-25-19-4-2-3-5-20(19)26-14-15-6-8-16(9-7-15)21(24)23-18-12-10-17(22)11-13-18/h2-13H,14H2,1H3,(H,23,24). The molecule has 3 aromatic carbocycles. The summed E-state index contributed by atoms with van der Waals surface area (Å²) in [5, 5.41) is 3.46. The Morgan fingerprint density at radius 2 is 1.58 bits per heavy atom. The van der Waals surface area contributed by atoms with Crippen molar-refractivity contribution in [3.63, 3.8) is 0 Å². The number of carbonyl (C=O) groups excluding carboxylic acids is 1. The first-order chi connectivity index (χ1) is 12.7. The zero-order valence-corrected chi connectivity index (χ0v) is 15.0. The van der Waals surface area contributed by atoms with E-state index in [1.807, 2.05) is 36.4 Å². The molecule has 3 aromatic rings. The molecule has 4 nitrogen and oxygen atoms in total. The van der Waals surface area contributed by atoms with E-state index < -0.39 is 0 Å². The van der Waals surface area contributed by atoms with E-state index in [1.165, 1.54) is 0 Å². The summed E-state index contributed by atoms with van der Waals surface area (Å²) in [6.45, 7) is 0.388. The Balaban J connectivity index is 1.61. The minimum atomic E-state index is -0.176. The van der Waals surface area contributed by atoms with Crippen LogP contribution in [0.4, 0.5) is 5.69 Å². The van der Waals surface area contributed by atoms with Crippen molar-refractivity contribution in [2.75, 3.05) is 12.4 Å². The van der Waals surface area contributed by atoms with Crippen LogP contribution in [0.5, 0.6) is 11.5 Å². The second-order valence-electron chi connectivity index (χ2n) is 5.60. The monoisotopic (exact) mass is 367 g/mol. The molecule has 0 fully saturated rings. The SMILES string of the molecule is COc1ccccc1OCc1ccc(C(=O)Nc2ccc(Cl)cc2)cc1. The third-order valence-corrected chi connectivity index (χ3v) is 4.03. The van der Waals surface area contributed by atoms with Crippen molar-refractivity contribution >= 4 is 23.2 Å². The van der Waals surface area contributed by atoms with Crippen LogP contribution in [0.2, 0.25) is 5.02 Å². The maximum Gasteiger partial charge on any atom is 0.255 e. The van der Waals surface area contributed by atoms with Gasteiger partial charge in [0.1, 0.15) is 6.61 Å². The van der Waals surface area contributed by atoms with E-state index in [0.29, 0.717) is 34.4 Å². The van der Waals surface area contributed by atoms with Gasteiger partial charge in [-0.2, -0.15) is 0 Å². The molecule has 0 heterocycles. The largest absolute Gasteiger partial charge is 0.493 e. The van der Waals surface area contributed by atoms with Crippen molar-refractivity contribution in [3.8, 4) is 11.5 Å². The fourth-order valence-electron chi connectivity index (χ4n) is 2.39. The molecule has 26 heavy (non-hydrogen) atoms. The molecule has 3 rings (SSSR count). The number of hydrogen-bond donors (Lipinski definition) is 1. The van der Waals surface area contributed by atoms with Crippen LogP contribution in [0.25, 0.3) is 0 Å². The molecule has 0 spiro atoms. The number of halogens is 1. The molecule has 0 unspecified atom stereocenters. The molecule has 0 radical (unpaired) electrons. The average Bonchev–Trinajstić information content (AvgIpc) is 2.68. The number of anilines is 1. The molecule has 132 valence electrons. The quantitative estimate of drug-likeness (QED) is 0.653. The van der Waals surface area contributed by atoms with Gasteiger partial charge >= 0.3 is 0 Å². The maximum absolute atomic E-state index is 12.3. The molecule has 1 N–H and O–H groups in total. The minimum absolute atomic E-state index is 0.176. The van der Waals surface area contributed by atoms with Crippen molar-refractivity contribution in [2.24, 2.45) is 0 Å². The van der Waals surface area contributed by atoms with Crippen molar-refractivity contribution in [1.29, 1.82) is 0 Å². The molecule has 0 aliphatic heterocycles. The number of carbonyl (C=O) groups is 1. The lowest BCUT2D eigenvalue weighted by Gasteiger charge is -2.11.